The van der Waals surface area contributed by atoms with Crippen LogP contribution in [-0.2, 0) is 6.42 Å². The molecule has 0 spiro atoms. The van der Waals surface area contributed by atoms with E-state index in [4.69, 9.17) is 4.74 Å². The molecule has 124 valence electrons. The van der Waals surface area contributed by atoms with Crippen molar-refractivity contribution >= 4 is 5.91 Å². The number of carbonyl (C=O) groups excluding carboxylic acids is 1. The van der Waals surface area contributed by atoms with Gasteiger partial charge in [-0.15, -0.1) is 0 Å². The third-order valence-corrected chi connectivity index (χ3v) is 5.35. The number of methoxy groups -OCH3 is 1. The molecule has 0 radical (unpaired) electrons. The number of hydrogen-bond acceptors (Lipinski definition) is 3. The van der Waals surface area contributed by atoms with Crippen molar-refractivity contribution < 1.29 is 14.6 Å². The number of aromatic hydroxyl groups is 1. The van der Waals surface area contributed by atoms with Crippen molar-refractivity contribution in [1.29, 1.82) is 0 Å². The standard InChI is InChI=1S/C20H21NO3/c1-24-19-9-8-14(12-18(19)22)20(23)21-10-4-7-16-15-6-3-2-5-13(15)11-17(16)21/h2-3,5-6,8-9,12,16-17,22H,4,7,10-11H2,1H3/t16-,17+/m1/s1. The van der Waals surface area contributed by atoms with Crippen LogP contribution in [0, 0.1) is 0 Å². The van der Waals surface area contributed by atoms with Crippen LogP contribution in [0.1, 0.15) is 40.2 Å². The zero-order valence-electron chi connectivity index (χ0n) is 13.7. The van der Waals surface area contributed by atoms with Crippen molar-refractivity contribution in [3.05, 3.63) is 59.2 Å². The minimum Gasteiger partial charge on any atom is -0.504 e. The molecule has 2 aromatic carbocycles. The van der Waals surface area contributed by atoms with Gasteiger partial charge in [-0.3, -0.25) is 4.79 Å². The number of phenolic OH excluding ortho intramolecular Hbond substituents is 1. The van der Waals surface area contributed by atoms with E-state index in [2.05, 4.69) is 24.3 Å². The molecule has 4 rings (SSSR count). The van der Waals surface area contributed by atoms with E-state index in [1.54, 1.807) is 12.1 Å². The average molecular weight is 323 g/mol. The molecule has 1 heterocycles. The lowest BCUT2D eigenvalue weighted by Crippen LogP contribution is -2.46. The molecule has 1 fully saturated rings. The highest BCUT2D eigenvalue weighted by molar-refractivity contribution is 5.95. The van der Waals surface area contributed by atoms with Crippen LogP contribution in [0.25, 0.3) is 0 Å². The summed E-state index contributed by atoms with van der Waals surface area (Å²) in [7, 11) is 1.50. The van der Waals surface area contributed by atoms with Gasteiger partial charge in [0.25, 0.3) is 5.91 Å². The van der Waals surface area contributed by atoms with Crippen LogP contribution >= 0.6 is 0 Å². The molecule has 2 aliphatic rings. The third-order valence-electron chi connectivity index (χ3n) is 5.35. The van der Waals surface area contributed by atoms with Crippen molar-refractivity contribution in [2.24, 2.45) is 0 Å². The molecule has 2 atom stereocenters. The van der Waals surface area contributed by atoms with Crippen LogP contribution in [0.2, 0.25) is 0 Å². The molecule has 1 amide bonds. The largest absolute Gasteiger partial charge is 0.504 e. The molecule has 1 N–H and O–H groups in total. The Labute approximate surface area is 141 Å². The minimum absolute atomic E-state index is 0.00420. The quantitative estimate of drug-likeness (QED) is 0.922. The molecule has 1 saturated heterocycles. The van der Waals surface area contributed by atoms with Crippen molar-refractivity contribution in [2.45, 2.75) is 31.2 Å². The van der Waals surface area contributed by atoms with E-state index in [0.29, 0.717) is 17.2 Å². The summed E-state index contributed by atoms with van der Waals surface area (Å²) in [5.74, 6) is 0.823. The van der Waals surface area contributed by atoms with Crippen LogP contribution in [-0.4, -0.2) is 35.6 Å². The Kier molecular flexibility index (Phi) is 3.68. The van der Waals surface area contributed by atoms with Gasteiger partial charge in [0.1, 0.15) is 0 Å². The number of rotatable bonds is 2. The van der Waals surface area contributed by atoms with E-state index in [1.807, 2.05) is 4.90 Å². The number of ether oxygens (including phenoxy) is 1. The van der Waals surface area contributed by atoms with Crippen LogP contribution in [0.5, 0.6) is 11.5 Å². The molecule has 4 heteroatoms. The van der Waals surface area contributed by atoms with Crippen molar-refractivity contribution in [1.82, 2.24) is 4.90 Å². The van der Waals surface area contributed by atoms with Crippen molar-refractivity contribution in [3.63, 3.8) is 0 Å². The normalized spacial score (nSPS) is 22.0. The van der Waals surface area contributed by atoms with Crippen LogP contribution < -0.4 is 4.74 Å². The summed E-state index contributed by atoms with van der Waals surface area (Å²) in [4.78, 5) is 15.0. The monoisotopic (exact) mass is 323 g/mol. The molecular weight excluding hydrogens is 302 g/mol. The maximum absolute atomic E-state index is 13.0. The Hall–Kier alpha value is -2.49. The van der Waals surface area contributed by atoms with E-state index < -0.39 is 0 Å². The fourth-order valence-corrected chi connectivity index (χ4v) is 4.22. The maximum atomic E-state index is 13.0. The summed E-state index contributed by atoms with van der Waals surface area (Å²) in [6.07, 6.45) is 3.08. The summed E-state index contributed by atoms with van der Waals surface area (Å²) >= 11 is 0. The van der Waals surface area contributed by atoms with Gasteiger partial charge in [-0.1, -0.05) is 24.3 Å². The number of fused-ring (bicyclic) bond motifs is 3. The fraction of sp³-hybridized carbons (Fsp3) is 0.350. The number of phenols is 1. The number of nitrogens with zero attached hydrogens (tertiary/aromatic N) is 1. The summed E-state index contributed by atoms with van der Waals surface area (Å²) in [6, 6.07) is 13.6. The fourth-order valence-electron chi connectivity index (χ4n) is 4.22. The predicted octanol–water partition coefficient (Wildman–Crippen LogP) is 3.35. The molecule has 0 saturated carbocycles. The van der Waals surface area contributed by atoms with Gasteiger partial charge >= 0.3 is 0 Å². The summed E-state index contributed by atoms with van der Waals surface area (Å²) < 4.78 is 5.06. The zero-order chi connectivity index (χ0) is 16.7. The molecule has 0 bridgehead atoms. The number of carbonyl (C=O) groups is 1. The Bertz CT molecular complexity index is 786. The van der Waals surface area contributed by atoms with Crippen molar-refractivity contribution in [2.75, 3.05) is 13.7 Å². The third kappa shape index (κ3) is 2.33. The highest BCUT2D eigenvalue weighted by Crippen LogP contribution is 2.42. The van der Waals surface area contributed by atoms with Crippen LogP contribution in [0.4, 0.5) is 0 Å². The first-order chi connectivity index (χ1) is 11.7. The predicted molar refractivity (Wildman–Crippen MR) is 91.6 cm³/mol. The molecule has 0 aromatic heterocycles. The maximum Gasteiger partial charge on any atom is 0.254 e. The van der Waals surface area contributed by atoms with Crippen LogP contribution in [0.3, 0.4) is 0 Å². The molecule has 1 aliphatic carbocycles. The summed E-state index contributed by atoms with van der Waals surface area (Å²) in [5.41, 5.74) is 3.28. The molecule has 1 aliphatic heterocycles. The van der Waals surface area contributed by atoms with E-state index >= 15 is 0 Å². The first-order valence-electron chi connectivity index (χ1n) is 8.45. The first kappa shape index (κ1) is 15.1. The van der Waals surface area contributed by atoms with E-state index in [1.165, 1.54) is 24.3 Å². The van der Waals surface area contributed by atoms with Gasteiger partial charge < -0.3 is 14.7 Å². The second-order valence-corrected chi connectivity index (χ2v) is 6.60. The van der Waals surface area contributed by atoms with Crippen LogP contribution in [0.15, 0.2) is 42.5 Å². The van der Waals surface area contributed by atoms with Gasteiger partial charge in [-0.05, 0) is 48.6 Å². The molecular formula is C20H21NO3. The smallest absolute Gasteiger partial charge is 0.254 e. The number of hydrogen-bond donors (Lipinski definition) is 1. The topological polar surface area (TPSA) is 49.8 Å². The lowest BCUT2D eigenvalue weighted by molar-refractivity contribution is 0.0595. The number of benzene rings is 2. The second kappa shape index (κ2) is 5.86. The summed E-state index contributed by atoms with van der Waals surface area (Å²) in [5, 5.41) is 9.97. The Balaban J connectivity index is 1.63. The first-order valence-corrected chi connectivity index (χ1v) is 8.45. The summed E-state index contributed by atoms with van der Waals surface area (Å²) in [6.45, 7) is 0.779. The second-order valence-electron chi connectivity index (χ2n) is 6.60. The number of piperidine rings is 1. The lowest BCUT2D eigenvalue weighted by Gasteiger charge is -2.38. The Morgan fingerprint density at radius 2 is 2.08 bits per heavy atom. The van der Waals surface area contributed by atoms with Crippen molar-refractivity contribution in [3.8, 4) is 11.5 Å². The highest BCUT2D eigenvalue weighted by Gasteiger charge is 2.40. The molecule has 2 aromatic rings. The SMILES string of the molecule is COc1ccc(C(=O)N2CCC[C@@H]3c4ccccc4C[C@@H]32)cc1O. The van der Waals surface area contributed by atoms with E-state index in [0.717, 1.165) is 25.8 Å². The van der Waals surface area contributed by atoms with Gasteiger partial charge in [0, 0.05) is 24.1 Å². The number of amides is 1. The Morgan fingerprint density at radius 3 is 2.88 bits per heavy atom. The minimum atomic E-state index is -0.00420. The average Bonchev–Trinajstić information content (AvgIpc) is 2.99. The molecule has 24 heavy (non-hydrogen) atoms. The highest BCUT2D eigenvalue weighted by atomic mass is 16.5. The lowest BCUT2D eigenvalue weighted by atomic mass is 9.88. The van der Waals surface area contributed by atoms with Gasteiger partial charge in [-0.25, -0.2) is 0 Å². The zero-order valence-corrected chi connectivity index (χ0v) is 13.7. The number of likely N-dealkylation sites (tertiary alicyclic amines) is 1. The van der Waals surface area contributed by atoms with E-state index in [9.17, 15) is 9.90 Å². The van der Waals surface area contributed by atoms with Gasteiger partial charge in [0.05, 0.1) is 7.11 Å². The molecule has 0 unspecified atom stereocenters. The van der Waals surface area contributed by atoms with E-state index in [-0.39, 0.29) is 17.7 Å². The van der Waals surface area contributed by atoms with Gasteiger partial charge in [0.2, 0.25) is 0 Å². The molecule has 4 nitrogen and oxygen atoms in total. The van der Waals surface area contributed by atoms with Gasteiger partial charge in [-0.2, -0.15) is 0 Å². The Morgan fingerprint density at radius 1 is 1.25 bits per heavy atom. The van der Waals surface area contributed by atoms with Gasteiger partial charge in [0.15, 0.2) is 11.5 Å².